The maximum absolute atomic E-state index is 14.1. The summed E-state index contributed by atoms with van der Waals surface area (Å²) in [5.74, 6) is -4.98. The minimum Gasteiger partial charge on any atom is -0.459 e. The Hall–Kier alpha value is -1.30. The van der Waals surface area contributed by atoms with Gasteiger partial charge in [0.1, 0.15) is 29.7 Å². The van der Waals surface area contributed by atoms with Gasteiger partial charge in [-0.3, -0.25) is 9.59 Å². The summed E-state index contributed by atoms with van der Waals surface area (Å²) in [6.45, 7) is 16.3. The highest BCUT2D eigenvalue weighted by Crippen LogP contribution is 2.40. The van der Waals surface area contributed by atoms with E-state index in [-0.39, 0.29) is 31.4 Å². The minimum atomic E-state index is -1.99. The molecule has 1 unspecified atom stereocenters. The number of likely N-dealkylation sites (N-methyl/N-ethyl adjacent to an activating group) is 1. The Balaban J connectivity index is 2.18. The van der Waals surface area contributed by atoms with Crippen molar-refractivity contribution < 1.29 is 63.5 Å². The lowest BCUT2D eigenvalue weighted by Crippen LogP contribution is -2.61. The van der Waals surface area contributed by atoms with Crippen molar-refractivity contribution in [2.75, 3.05) is 21.2 Å². The Kier molecular flexibility index (Phi) is 14.7. The summed E-state index contributed by atoms with van der Waals surface area (Å²) in [5.41, 5.74) is -4.84. The molecule has 0 aromatic heterocycles. The highest BCUT2D eigenvalue weighted by atomic mass is 16.7. The van der Waals surface area contributed by atoms with Crippen molar-refractivity contribution in [3.8, 4) is 0 Å². The standard InChI is InChI=1S/C37H67NO13/c1-14-25-37(10,45)30(41)20(4)27(39)18(2)16-35(8,44)32(51-34-28(40)24(38(11)12)15-19(3)47-34)21(5)29(22(6)33(43)49-25)50-26-17-36(9,46-13)31(42)23(7)48-26/h18-26,28-32,34,40-42,44-45H,14-17H2,1-13H3/t18-,19-,20+,21+,22-,23+,24+,25-,26+,28-,29+,30-,31+,32-,34+,35-,36?,37-/m1/s1. The summed E-state index contributed by atoms with van der Waals surface area (Å²) in [6, 6.07) is -0.324. The van der Waals surface area contributed by atoms with Crippen molar-refractivity contribution in [3.63, 3.8) is 0 Å². The van der Waals surface area contributed by atoms with Crippen molar-refractivity contribution in [2.45, 2.75) is 179 Å². The van der Waals surface area contributed by atoms with Crippen LogP contribution in [0.2, 0.25) is 0 Å². The highest BCUT2D eigenvalue weighted by Gasteiger charge is 2.53. The molecule has 0 radical (unpaired) electrons. The summed E-state index contributed by atoms with van der Waals surface area (Å²) in [5, 5.41) is 57.6. The maximum atomic E-state index is 14.1. The molecular weight excluding hydrogens is 666 g/mol. The average molecular weight is 734 g/mol. The van der Waals surface area contributed by atoms with E-state index >= 15 is 0 Å². The lowest BCUT2D eigenvalue weighted by atomic mass is 9.74. The van der Waals surface area contributed by atoms with Crippen molar-refractivity contribution in [2.24, 2.45) is 23.7 Å². The molecule has 0 aliphatic carbocycles. The van der Waals surface area contributed by atoms with Crippen LogP contribution in [0.4, 0.5) is 0 Å². The van der Waals surface area contributed by atoms with E-state index < -0.39 is 108 Å². The van der Waals surface area contributed by atoms with Gasteiger partial charge in [0, 0.05) is 37.3 Å². The molecule has 3 rings (SSSR count). The average Bonchev–Trinajstić information content (AvgIpc) is 3.05. The van der Waals surface area contributed by atoms with E-state index in [2.05, 4.69) is 0 Å². The van der Waals surface area contributed by atoms with Gasteiger partial charge in [0.15, 0.2) is 12.6 Å². The predicted octanol–water partition coefficient (Wildman–Crippen LogP) is 1.79. The fourth-order valence-electron chi connectivity index (χ4n) is 8.41. The van der Waals surface area contributed by atoms with E-state index in [0.29, 0.717) is 6.42 Å². The molecule has 51 heavy (non-hydrogen) atoms. The third-order valence-corrected chi connectivity index (χ3v) is 11.8. The molecule has 0 amide bonds. The van der Waals surface area contributed by atoms with Crippen LogP contribution < -0.4 is 0 Å². The number of cyclic esters (lactones) is 1. The molecule has 14 nitrogen and oxygen atoms in total. The zero-order chi connectivity index (χ0) is 39.0. The first-order chi connectivity index (χ1) is 23.4. The molecule has 0 bridgehead atoms. The van der Waals surface area contributed by atoms with Crippen molar-refractivity contribution in [3.05, 3.63) is 0 Å². The van der Waals surface area contributed by atoms with Gasteiger partial charge in [-0.1, -0.05) is 27.7 Å². The largest absolute Gasteiger partial charge is 0.459 e. The topological polar surface area (TPSA) is 194 Å². The third kappa shape index (κ3) is 9.51. The van der Waals surface area contributed by atoms with E-state index in [1.165, 1.54) is 27.9 Å². The first kappa shape index (κ1) is 44.1. The zero-order valence-corrected chi connectivity index (χ0v) is 32.9. The van der Waals surface area contributed by atoms with Gasteiger partial charge in [0.25, 0.3) is 0 Å². The number of hydrogen-bond donors (Lipinski definition) is 5. The smallest absolute Gasteiger partial charge is 0.311 e. The van der Waals surface area contributed by atoms with Crippen LogP contribution >= 0.6 is 0 Å². The van der Waals surface area contributed by atoms with Crippen molar-refractivity contribution in [1.29, 1.82) is 0 Å². The van der Waals surface area contributed by atoms with E-state index in [9.17, 15) is 35.1 Å². The fraction of sp³-hybridized carbons (Fsp3) is 0.946. The Bertz CT molecular complexity index is 1170. The molecule has 3 saturated heterocycles. The summed E-state index contributed by atoms with van der Waals surface area (Å²) >= 11 is 0. The highest BCUT2D eigenvalue weighted by molar-refractivity contribution is 5.83. The van der Waals surface area contributed by atoms with Gasteiger partial charge in [-0.05, 0) is 74.9 Å². The Labute approximate surface area is 304 Å². The fourth-order valence-corrected chi connectivity index (χ4v) is 8.41. The normalized spacial score (nSPS) is 49.7. The molecule has 3 aliphatic heterocycles. The third-order valence-electron chi connectivity index (χ3n) is 11.8. The zero-order valence-electron chi connectivity index (χ0n) is 32.9. The number of carbonyl (C=O) groups is 2. The number of esters is 1. The quantitative estimate of drug-likeness (QED) is 0.238. The lowest BCUT2D eigenvalue weighted by molar-refractivity contribution is -0.318. The van der Waals surface area contributed by atoms with Gasteiger partial charge in [-0.25, -0.2) is 0 Å². The molecular formula is C37H67NO13. The minimum absolute atomic E-state index is 0.0936. The molecule has 0 aromatic carbocycles. The Morgan fingerprint density at radius 3 is 2.04 bits per heavy atom. The van der Waals surface area contributed by atoms with Crippen LogP contribution in [0.3, 0.4) is 0 Å². The monoisotopic (exact) mass is 733 g/mol. The number of nitrogens with zero attached hydrogens (tertiary/aromatic N) is 1. The second-order valence-electron chi connectivity index (χ2n) is 16.5. The first-order valence-electron chi connectivity index (χ1n) is 18.5. The van der Waals surface area contributed by atoms with Gasteiger partial charge in [-0.15, -0.1) is 0 Å². The van der Waals surface area contributed by atoms with Crippen LogP contribution in [0.5, 0.6) is 0 Å². The van der Waals surface area contributed by atoms with Gasteiger partial charge in [0.2, 0.25) is 0 Å². The maximum Gasteiger partial charge on any atom is 0.311 e. The summed E-state index contributed by atoms with van der Waals surface area (Å²) in [6.07, 6.45) is -9.71. The second-order valence-corrected chi connectivity index (χ2v) is 16.5. The van der Waals surface area contributed by atoms with E-state index in [0.717, 1.165) is 0 Å². The van der Waals surface area contributed by atoms with Crippen LogP contribution in [0.25, 0.3) is 0 Å². The Morgan fingerprint density at radius 2 is 1.49 bits per heavy atom. The van der Waals surface area contributed by atoms with E-state index in [1.807, 2.05) is 25.9 Å². The molecule has 0 saturated carbocycles. The number of Topliss-reactive ketones (excluding diaryl/α,β-unsaturated/α-hetero) is 1. The first-order valence-corrected chi connectivity index (χ1v) is 18.5. The molecule has 3 heterocycles. The summed E-state index contributed by atoms with van der Waals surface area (Å²) < 4.78 is 37.1. The second kappa shape index (κ2) is 17.0. The predicted molar refractivity (Wildman–Crippen MR) is 186 cm³/mol. The van der Waals surface area contributed by atoms with Crippen LogP contribution in [0.15, 0.2) is 0 Å². The SMILES string of the molecule is CC[C@H]1OC(=O)[C@H](C)[C@@H](O[C@H]2CC(C)(OC)[C@@H](O)[C@H](C)O2)[C@H](C)[C@@H](O[C@@H]2O[C@H](C)C[C@H](N(C)C)[C@H]2O)[C@](C)(O)C[C@@H](C)C(=O)[C@H](C)[C@@H](O)[C@]1(C)O. The van der Waals surface area contributed by atoms with Crippen LogP contribution in [0, 0.1) is 23.7 Å². The number of ether oxygens (including phenoxy) is 6. The molecule has 0 aromatic rings. The van der Waals surface area contributed by atoms with Crippen LogP contribution in [-0.2, 0) is 38.0 Å². The van der Waals surface area contributed by atoms with Gasteiger partial charge >= 0.3 is 5.97 Å². The molecule has 3 fully saturated rings. The molecule has 0 spiro atoms. The number of ketones is 1. The van der Waals surface area contributed by atoms with Crippen molar-refractivity contribution in [1.82, 2.24) is 4.90 Å². The van der Waals surface area contributed by atoms with Gasteiger partial charge in [0.05, 0.1) is 47.6 Å². The summed E-state index contributed by atoms with van der Waals surface area (Å²) in [4.78, 5) is 29.8. The number of hydrogen-bond acceptors (Lipinski definition) is 14. The van der Waals surface area contributed by atoms with Crippen molar-refractivity contribution >= 4 is 11.8 Å². The number of aliphatic hydroxyl groups excluding tert-OH is 3. The van der Waals surface area contributed by atoms with Crippen LogP contribution in [0.1, 0.15) is 94.9 Å². The van der Waals surface area contributed by atoms with E-state index in [4.69, 9.17) is 28.4 Å². The Morgan fingerprint density at radius 1 is 0.882 bits per heavy atom. The molecule has 14 heteroatoms. The van der Waals surface area contributed by atoms with Gasteiger partial charge < -0.3 is 58.9 Å². The number of methoxy groups -OCH3 is 1. The van der Waals surface area contributed by atoms with E-state index in [1.54, 1.807) is 41.5 Å². The molecule has 298 valence electrons. The molecule has 5 N–H and O–H groups in total. The number of carbonyl (C=O) groups excluding carboxylic acids is 2. The molecule has 3 aliphatic rings. The van der Waals surface area contributed by atoms with Crippen LogP contribution in [-0.4, -0.2) is 148 Å². The molecule has 18 atom stereocenters. The number of aliphatic hydroxyl groups is 5. The number of rotatable bonds is 7. The lowest BCUT2D eigenvalue weighted by Gasteiger charge is -2.49. The van der Waals surface area contributed by atoms with Gasteiger partial charge in [-0.2, -0.15) is 0 Å². The summed E-state index contributed by atoms with van der Waals surface area (Å²) in [7, 11) is 5.18.